The molecule has 0 bridgehead atoms. The van der Waals surface area contributed by atoms with Crippen molar-refractivity contribution in [2.45, 2.75) is 11.8 Å². The molecule has 7 nitrogen and oxygen atoms in total. The van der Waals surface area contributed by atoms with E-state index in [2.05, 4.69) is 11.9 Å². The Morgan fingerprint density at radius 3 is 2.47 bits per heavy atom. The predicted octanol–water partition coefficient (Wildman–Crippen LogP) is 4.12. The highest BCUT2D eigenvalue weighted by Crippen LogP contribution is 2.24. The molecule has 1 aromatic heterocycles. The fourth-order valence-corrected chi connectivity index (χ4v) is 3.91. The van der Waals surface area contributed by atoms with Crippen LogP contribution in [0.2, 0.25) is 0 Å². The molecule has 0 spiro atoms. The molecule has 9 heteroatoms. The smallest absolute Gasteiger partial charge is 0.339 e. The normalized spacial score (nSPS) is 10.6. The summed E-state index contributed by atoms with van der Waals surface area (Å²) in [6.07, 6.45) is 0. The maximum atomic E-state index is 12.9. The van der Waals surface area contributed by atoms with Gasteiger partial charge in [-0.1, -0.05) is 48.5 Å². The van der Waals surface area contributed by atoms with Crippen LogP contribution >= 0.6 is 23.4 Å². The Labute approximate surface area is 194 Å². The van der Waals surface area contributed by atoms with Crippen molar-refractivity contribution in [1.29, 1.82) is 0 Å². The Hall–Kier alpha value is -3.23. The average Bonchev–Trinajstić information content (AvgIpc) is 2.99. The Morgan fingerprint density at radius 2 is 1.78 bits per heavy atom. The summed E-state index contributed by atoms with van der Waals surface area (Å²) in [4.78, 5) is 38.4. The van der Waals surface area contributed by atoms with E-state index in [1.54, 1.807) is 42.9 Å². The lowest BCUT2D eigenvalue weighted by Crippen LogP contribution is -2.23. The molecule has 0 fully saturated rings. The van der Waals surface area contributed by atoms with E-state index in [1.165, 1.54) is 16.4 Å². The second-order valence-corrected chi connectivity index (χ2v) is 8.41. The van der Waals surface area contributed by atoms with Gasteiger partial charge in [0.1, 0.15) is 12.3 Å². The third kappa shape index (κ3) is 5.33. The lowest BCUT2D eigenvalue weighted by atomic mass is 10.2. The van der Waals surface area contributed by atoms with Crippen LogP contribution in [0.15, 0.2) is 75.9 Å². The molecule has 0 atom stereocenters. The Morgan fingerprint density at radius 1 is 1.12 bits per heavy atom. The zero-order valence-electron chi connectivity index (χ0n) is 17.6. The first-order valence-corrected chi connectivity index (χ1v) is 11.0. The number of anilines is 1. The fourth-order valence-electron chi connectivity index (χ4n) is 3.01. The number of carbonyl (C=O) groups excluding carboxylic acids is 2. The third-order valence-corrected chi connectivity index (χ3v) is 5.83. The number of thioether (sulfide) groups is 1. The molecule has 32 heavy (non-hydrogen) atoms. The van der Waals surface area contributed by atoms with Gasteiger partial charge in [-0.05, 0) is 31.2 Å². The minimum Gasteiger partial charge on any atom is -0.456 e. The van der Waals surface area contributed by atoms with Crippen molar-refractivity contribution in [3.8, 4) is 5.69 Å². The van der Waals surface area contributed by atoms with Crippen molar-refractivity contribution in [3.63, 3.8) is 0 Å². The molecule has 1 amide bonds. The lowest BCUT2D eigenvalue weighted by Gasteiger charge is -2.09. The number of para-hydroxylation sites is 1. The lowest BCUT2D eigenvalue weighted by molar-refractivity contribution is -0.113. The molecule has 166 valence electrons. The van der Waals surface area contributed by atoms with Gasteiger partial charge in [0.15, 0.2) is 0 Å². The first-order valence-electron chi connectivity index (χ1n) is 9.65. The van der Waals surface area contributed by atoms with Crippen LogP contribution in [0.25, 0.3) is 5.69 Å². The third-order valence-electron chi connectivity index (χ3n) is 4.64. The number of benzene rings is 2. The molecule has 0 saturated carbocycles. The number of halogens is 1. The summed E-state index contributed by atoms with van der Waals surface area (Å²) in [7, 11) is 1.76. The number of nitrogens with zero attached hydrogens (tertiary/aromatic N) is 2. The molecule has 0 aliphatic heterocycles. The van der Waals surface area contributed by atoms with Gasteiger partial charge in [-0.15, -0.1) is 11.8 Å². The van der Waals surface area contributed by atoms with E-state index in [-0.39, 0.29) is 34.5 Å². The molecule has 2 aromatic carbocycles. The van der Waals surface area contributed by atoms with Crippen molar-refractivity contribution in [2.24, 2.45) is 7.05 Å². The van der Waals surface area contributed by atoms with Crippen LogP contribution in [0.5, 0.6) is 0 Å². The van der Waals surface area contributed by atoms with Crippen LogP contribution in [0.4, 0.5) is 5.69 Å². The van der Waals surface area contributed by atoms with Crippen molar-refractivity contribution in [2.75, 3.05) is 17.7 Å². The van der Waals surface area contributed by atoms with Gasteiger partial charge in [0.05, 0.1) is 22.7 Å². The van der Waals surface area contributed by atoms with E-state index in [4.69, 9.17) is 16.3 Å². The van der Waals surface area contributed by atoms with Gasteiger partial charge < -0.3 is 10.1 Å². The van der Waals surface area contributed by atoms with Gasteiger partial charge in [-0.3, -0.25) is 14.3 Å². The highest BCUT2D eigenvalue weighted by atomic mass is 35.5. The van der Waals surface area contributed by atoms with E-state index in [0.717, 1.165) is 0 Å². The second-order valence-electron chi connectivity index (χ2n) is 6.86. The van der Waals surface area contributed by atoms with Gasteiger partial charge in [-0.25, -0.2) is 9.48 Å². The summed E-state index contributed by atoms with van der Waals surface area (Å²) in [6.45, 7) is 5.15. The monoisotopic (exact) mass is 471 g/mol. The standard InChI is InChI=1S/C23H22ClN3O4S/c1-15(24)13-31-23(30)18-11-7-8-12-19(18)32-14-20(28)25-21-16(2)26(3)27(22(21)29)17-9-5-4-6-10-17/h4-12H,1,13-14H2,2-3H3,(H,25,28). The van der Waals surface area contributed by atoms with Crippen molar-refractivity contribution in [1.82, 2.24) is 9.36 Å². The van der Waals surface area contributed by atoms with Crippen molar-refractivity contribution < 1.29 is 14.3 Å². The number of amides is 1. The number of esters is 1. The average molecular weight is 472 g/mol. The fraction of sp³-hybridized carbons (Fsp3) is 0.174. The first kappa shape index (κ1) is 23.4. The summed E-state index contributed by atoms with van der Waals surface area (Å²) >= 11 is 6.82. The quantitative estimate of drug-likeness (QED) is 0.394. The topological polar surface area (TPSA) is 82.3 Å². The molecule has 1 N–H and O–H groups in total. The number of carbonyl (C=O) groups is 2. The molecule has 0 saturated heterocycles. The zero-order chi connectivity index (χ0) is 23.3. The number of hydrogen-bond acceptors (Lipinski definition) is 5. The highest BCUT2D eigenvalue weighted by Gasteiger charge is 2.19. The number of nitrogens with one attached hydrogen (secondary N) is 1. The van der Waals surface area contributed by atoms with Crippen LogP contribution in [-0.2, 0) is 16.6 Å². The largest absolute Gasteiger partial charge is 0.456 e. The number of rotatable bonds is 8. The maximum Gasteiger partial charge on any atom is 0.339 e. The molecule has 0 aliphatic carbocycles. The van der Waals surface area contributed by atoms with Gasteiger partial charge in [-0.2, -0.15) is 0 Å². The van der Waals surface area contributed by atoms with Crippen LogP contribution in [0.3, 0.4) is 0 Å². The van der Waals surface area contributed by atoms with E-state index in [9.17, 15) is 14.4 Å². The summed E-state index contributed by atoms with van der Waals surface area (Å²) in [5.74, 6) is -0.913. The van der Waals surface area contributed by atoms with Crippen molar-refractivity contribution >= 4 is 40.9 Å². The van der Waals surface area contributed by atoms with E-state index in [0.29, 0.717) is 21.8 Å². The molecule has 0 unspecified atom stereocenters. The molecule has 0 aliphatic rings. The second kappa shape index (κ2) is 10.4. The van der Waals surface area contributed by atoms with E-state index >= 15 is 0 Å². The summed E-state index contributed by atoms with van der Waals surface area (Å²) in [5, 5.41) is 2.92. The number of ether oxygens (including phenoxy) is 1. The summed E-state index contributed by atoms with van der Waals surface area (Å²) in [5.41, 5.74) is 1.55. The zero-order valence-corrected chi connectivity index (χ0v) is 19.2. The SMILES string of the molecule is C=C(Cl)COC(=O)c1ccccc1SCC(=O)Nc1c(C)n(C)n(-c2ccccc2)c1=O. The Bertz CT molecular complexity index is 1220. The van der Waals surface area contributed by atoms with E-state index in [1.807, 2.05) is 30.3 Å². The van der Waals surface area contributed by atoms with Gasteiger partial charge in [0, 0.05) is 17.0 Å². The molecule has 3 aromatic rings. The molecular formula is C23H22ClN3O4S. The van der Waals surface area contributed by atoms with Crippen LogP contribution in [0, 0.1) is 6.92 Å². The molecule has 1 heterocycles. The van der Waals surface area contributed by atoms with E-state index < -0.39 is 5.97 Å². The highest BCUT2D eigenvalue weighted by molar-refractivity contribution is 8.00. The van der Waals surface area contributed by atoms with Gasteiger partial charge in [0.2, 0.25) is 5.91 Å². The minimum absolute atomic E-state index is 0.00557. The summed E-state index contributed by atoms with van der Waals surface area (Å²) in [6, 6.07) is 16.0. The van der Waals surface area contributed by atoms with Crippen LogP contribution < -0.4 is 10.9 Å². The van der Waals surface area contributed by atoms with Gasteiger partial charge in [0.25, 0.3) is 5.56 Å². The van der Waals surface area contributed by atoms with Crippen molar-refractivity contribution in [3.05, 3.63) is 87.8 Å². The predicted molar refractivity (Wildman–Crippen MR) is 127 cm³/mol. The van der Waals surface area contributed by atoms with Gasteiger partial charge >= 0.3 is 5.97 Å². The maximum absolute atomic E-state index is 12.9. The Kier molecular flexibility index (Phi) is 7.61. The number of aromatic nitrogens is 2. The molecular weight excluding hydrogens is 450 g/mol. The van der Waals surface area contributed by atoms with Crippen LogP contribution in [-0.4, -0.2) is 33.6 Å². The Balaban J connectivity index is 1.73. The number of hydrogen-bond donors (Lipinski definition) is 1. The molecule has 3 rings (SSSR count). The minimum atomic E-state index is -0.556. The molecule has 0 radical (unpaired) electrons. The van der Waals surface area contributed by atoms with Crippen LogP contribution in [0.1, 0.15) is 16.1 Å². The summed E-state index contributed by atoms with van der Waals surface area (Å²) < 4.78 is 8.28. The first-order chi connectivity index (χ1) is 15.3.